The Balaban J connectivity index is 2.33. The van der Waals surface area contributed by atoms with Crippen molar-refractivity contribution in [1.82, 2.24) is 9.88 Å². The number of amides is 2. The molecule has 1 aliphatic heterocycles. The average molecular weight is 311 g/mol. The summed E-state index contributed by atoms with van der Waals surface area (Å²) in [7, 11) is 0. The zero-order valence-corrected chi connectivity index (χ0v) is 13.1. The second-order valence-electron chi connectivity index (χ2n) is 5.98. The van der Waals surface area contributed by atoms with Crippen LogP contribution < -0.4 is 16.6 Å². The van der Waals surface area contributed by atoms with Gasteiger partial charge < -0.3 is 5.73 Å². The van der Waals surface area contributed by atoms with Crippen molar-refractivity contribution in [1.29, 1.82) is 0 Å². The molecule has 0 aliphatic carbocycles. The number of nitrogens with two attached hydrogens (primary N) is 1. The molecular formula is C17H17N3O3. The number of carbonyl (C=O) groups is 2. The van der Waals surface area contributed by atoms with Gasteiger partial charge in [0.1, 0.15) is 5.82 Å². The summed E-state index contributed by atoms with van der Waals surface area (Å²) in [5.74, 6) is -0.895. The van der Waals surface area contributed by atoms with Crippen LogP contribution in [0, 0.1) is 6.92 Å². The summed E-state index contributed by atoms with van der Waals surface area (Å²) in [6.45, 7) is 5.97. The molecule has 6 nitrogen and oxygen atoms in total. The summed E-state index contributed by atoms with van der Waals surface area (Å²) in [6.07, 6.45) is 0. The van der Waals surface area contributed by atoms with Crippen LogP contribution in [0.3, 0.4) is 0 Å². The van der Waals surface area contributed by atoms with E-state index < -0.39 is 17.4 Å². The molecule has 118 valence electrons. The molecule has 0 saturated carbocycles. The van der Waals surface area contributed by atoms with Crippen LogP contribution in [0.15, 0.2) is 29.1 Å². The first-order valence-corrected chi connectivity index (χ1v) is 7.33. The van der Waals surface area contributed by atoms with Crippen LogP contribution in [0.1, 0.15) is 51.6 Å². The van der Waals surface area contributed by atoms with E-state index in [1.54, 1.807) is 0 Å². The molecule has 3 N–H and O–H groups in total. The monoisotopic (exact) mass is 311 g/mol. The SMILES string of the molecule is Cc1ccc(C(C)C)cc1-n1c(N)c2c(cc1=O)C(=O)NC2=O. The van der Waals surface area contributed by atoms with Gasteiger partial charge in [-0.1, -0.05) is 26.0 Å². The summed E-state index contributed by atoms with van der Waals surface area (Å²) in [5, 5.41) is 2.16. The minimum atomic E-state index is -0.589. The van der Waals surface area contributed by atoms with Crippen LogP contribution in [0.4, 0.5) is 5.82 Å². The molecule has 0 bridgehead atoms. The van der Waals surface area contributed by atoms with Crippen LogP contribution in [0.25, 0.3) is 5.69 Å². The van der Waals surface area contributed by atoms with Gasteiger partial charge in [0.15, 0.2) is 0 Å². The Labute approximate surface area is 132 Å². The maximum atomic E-state index is 12.5. The fraction of sp³-hybridized carbons (Fsp3) is 0.235. The second kappa shape index (κ2) is 5.08. The molecule has 0 fully saturated rings. The summed E-state index contributed by atoms with van der Waals surface area (Å²) in [6, 6.07) is 6.95. The fourth-order valence-electron chi connectivity index (χ4n) is 2.75. The first kappa shape index (κ1) is 15.0. The van der Waals surface area contributed by atoms with Gasteiger partial charge in [-0.3, -0.25) is 24.3 Å². The summed E-state index contributed by atoms with van der Waals surface area (Å²) >= 11 is 0. The molecule has 0 saturated heterocycles. The fourth-order valence-corrected chi connectivity index (χ4v) is 2.75. The van der Waals surface area contributed by atoms with E-state index in [9.17, 15) is 14.4 Å². The molecule has 2 heterocycles. The summed E-state index contributed by atoms with van der Waals surface area (Å²) in [5.41, 5.74) is 8.25. The van der Waals surface area contributed by atoms with Crippen LogP contribution in [0.2, 0.25) is 0 Å². The molecule has 0 radical (unpaired) electrons. The van der Waals surface area contributed by atoms with E-state index in [0.717, 1.165) is 17.2 Å². The Morgan fingerprint density at radius 3 is 2.43 bits per heavy atom. The van der Waals surface area contributed by atoms with E-state index in [1.807, 2.05) is 25.1 Å². The van der Waals surface area contributed by atoms with Crippen molar-refractivity contribution < 1.29 is 9.59 Å². The lowest BCUT2D eigenvalue weighted by atomic mass is 10.00. The van der Waals surface area contributed by atoms with Crippen molar-refractivity contribution in [3.8, 4) is 5.69 Å². The van der Waals surface area contributed by atoms with Gasteiger partial charge >= 0.3 is 0 Å². The molecule has 3 rings (SSSR count). The number of hydrogen-bond acceptors (Lipinski definition) is 4. The Hall–Kier alpha value is -2.89. The number of anilines is 1. The zero-order valence-electron chi connectivity index (χ0n) is 13.1. The molecule has 0 unspecified atom stereocenters. The zero-order chi connectivity index (χ0) is 16.9. The van der Waals surface area contributed by atoms with E-state index in [2.05, 4.69) is 19.2 Å². The molecule has 1 aromatic heterocycles. The highest BCUT2D eigenvalue weighted by Crippen LogP contribution is 2.26. The van der Waals surface area contributed by atoms with Gasteiger partial charge in [-0.15, -0.1) is 0 Å². The van der Waals surface area contributed by atoms with Crippen molar-refractivity contribution in [3.63, 3.8) is 0 Å². The first-order chi connectivity index (χ1) is 10.8. The van der Waals surface area contributed by atoms with Gasteiger partial charge in [-0.25, -0.2) is 0 Å². The lowest BCUT2D eigenvalue weighted by Crippen LogP contribution is -2.24. The Morgan fingerprint density at radius 1 is 1.09 bits per heavy atom. The number of carbonyl (C=O) groups excluding carboxylic acids is 2. The highest BCUT2D eigenvalue weighted by atomic mass is 16.2. The van der Waals surface area contributed by atoms with E-state index in [0.29, 0.717) is 5.69 Å². The van der Waals surface area contributed by atoms with Crippen LogP contribution in [0.5, 0.6) is 0 Å². The van der Waals surface area contributed by atoms with Gasteiger partial charge in [-0.2, -0.15) is 0 Å². The highest BCUT2D eigenvalue weighted by molar-refractivity contribution is 6.23. The largest absolute Gasteiger partial charge is 0.384 e. The van der Waals surface area contributed by atoms with E-state index in [-0.39, 0.29) is 22.9 Å². The third-order valence-corrected chi connectivity index (χ3v) is 4.09. The number of nitrogens with one attached hydrogen (secondary N) is 1. The lowest BCUT2D eigenvalue weighted by molar-refractivity contribution is 0.0880. The maximum Gasteiger partial charge on any atom is 0.262 e. The number of pyridine rings is 1. The minimum absolute atomic E-state index is 0.0140. The predicted molar refractivity (Wildman–Crippen MR) is 87.1 cm³/mol. The molecule has 0 atom stereocenters. The average Bonchev–Trinajstić information content (AvgIpc) is 2.75. The normalized spacial score (nSPS) is 13.4. The Kier molecular flexibility index (Phi) is 3.32. The van der Waals surface area contributed by atoms with Crippen molar-refractivity contribution in [2.24, 2.45) is 0 Å². The first-order valence-electron chi connectivity index (χ1n) is 7.33. The number of benzene rings is 1. The number of aromatic nitrogens is 1. The van der Waals surface area contributed by atoms with Gasteiger partial charge in [0.2, 0.25) is 0 Å². The Morgan fingerprint density at radius 2 is 1.78 bits per heavy atom. The van der Waals surface area contributed by atoms with Crippen molar-refractivity contribution in [2.45, 2.75) is 26.7 Å². The number of rotatable bonds is 2. The topological polar surface area (TPSA) is 94.2 Å². The van der Waals surface area contributed by atoms with Crippen molar-refractivity contribution in [3.05, 3.63) is 56.9 Å². The molecule has 0 spiro atoms. The summed E-state index contributed by atoms with van der Waals surface area (Å²) in [4.78, 5) is 36.1. The predicted octanol–water partition coefficient (Wildman–Crippen LogP) is 1.74. The number of aryl methyl sites for hydroxylation is 1. The standard InChI is InChI=1S/C17H17N3O3/c1-8(2)10-5-4-9(3)12(6-10)20-13(21)7-11-14(15(20)18)17(23)19-16(11)22/h4-8H,18H2,1-3H3,(H,19,22,23). The summed E-state index contributed by atoms with van der Waals surface area (Å²) < 4.78 is 1.29. The van der Waals surface area contributed by atoms with Crippen LogP contribution in [-0.4, -0.2) is 16.4 Å². The van der Waals surface area contributed by atoms with Gasteiger partial charge in [0.25, 0.3) is 17.4 Å². The van der Waals surface area contributed by atoms with E-state index in [1.165, 1.54) is 4.57 Å². The third kappa shape index (κ3) is 2.23. The van der Waals surface area contributed by atoms with Crippen molar-refractivity contribution >= 4 is 17.6 Å². The number of nitrogen functional groups attached to an aromatic ring is 1. The van der Waals surface area contributed by atoms with Crippen molar-refractivity contribution in [2.75, 3.05) is 5.73 Å². The Bertz CT molecular complexity index is 910. The maximum absolute atomic E-state index is 12.5. The van der Waals surface area contributed by atoms with Gasteiger partial charge in [0.05, 0.1) is 16.8 Å². The second-order valence-corrected chi connectivity index (χ2v) is 5.98. The number of fused-ring (bicyclic) bond motifs is 1. The quantitative estimate of drug-likeness (QED) is 0.826. The van der Waals surface area contributed by atoms with E-state index in [4.69, 9.17) is 5.73 Å². The molecule has 6 heteroatoms. The number of imide groups is 1. The van der Waals surface area contributed by atoms with Crippen LogP contribution >= 0.6 is 0 Å². The molecule has 2 amide bonds. The molecule has 23 heavy (non-hydrogen) atoms. The molecular weight excluding hydrogens is 294 g/mol. The smallest absolute Gasteiger partial charge is 0.262 e. The van der Waals surface area contributed by atoms with Gasteiger partial charge in [-0.05, 0) is 30.0 Å². The van der Waals surface area contributed by atoms with Crippen LogP contribution in [-0.2, 0) is 0 Å². The molecule has 1 aromatic carbocycles. The lowest BCUT2D eigenvalue weighted by Gasteiger charge is -2.16. The van der Waals surface area contributed by atoms with Gasteiger partial charge in [0, 0.05) is 6.07 Å². The number of nitrogens with zero attached hydrogens (tertiary/aromatic N) is 1. The highest BCUT2D eigenvalue weighted by Gasteiger charge is 2.32. The molecule has 2 aromatic rings. The third-order valence-electron chi connectivity index (χ3n) is 4.09. The minimum Gasteiger partial charge on any atom is -0.384 e. The number of hydrogen-bond donors (Lipinski definition) is 2. The van der Waals surface area contributed by atoms with E-state index >= 15 is 0 Å². The molecule has 1 aliphatic rings.